The molecule has 0 fully saturated rings. The van der Waals surface area contributed by atoms with Crippen molar-refractivity contribution < 1.29 is 47.7 Å². The Morgan fingerprint density at radius 3 is 1.41 bits per heavy atom. The number of unbranched alkanes of at least 4 members (excludes halogenated alkanes) is 14. The van der Waals surface area contributed by atoms with Crippen LogP contribution in [0.5, 0.6) is 0 Å². The second kappa shape index (κ2) is 19.8. The molecule has 0 atom stereocenters. The van der Waals surface area contributed by atoms with Crippen LogP contribution < -0.4 is 4.57 Å². The molecule has 0 unspecified atom stereocenters. The van der Waals surface area contributed by atoms with Crippen molar-refractivity contribution in [2.24, 2.45) is 0 Å². The Balaban J connectivity index is 0.000000909. The van der Waals surface area contributed by atoms with Crippen LogP contribution in [0.4, 0.5) is 26.3 Å². The smallest absolute Gasteiger partial charge is 0.421 e. The first-order valence-electron chi connectivity index (χ1n) is 14.4. The van der Waals surface area contributed by atoms with Crippen LogP contribution in [0.2, 0.25) is 0 Å². The summed E-state index contributed by atoms with van der Waals surface area (Å²) in [6.07, 6.45) is 27.0. The molecule has 0 aliphatic rings. The molecule has 0 saturated carbocycles. The maximum Gasteiger partial charge on any atom is 0.480 e. The Morgan fingerprint density at radius 2 is 1.02 bits per heavy atom. The number of nitrogens with zero attached hydrogens (tertiary/aromatic N) is 3. The summed E-state index contributed by atoms with van der Waals surface area (Å²) in [6.45, 7) is 9.27. The predicted molar refractivity (Wildman–Crippen MR) is 148 cm³/mol. The number of hydrogen-bond donors (Lipinski definition) is 0. The lowest BCUT2D eigenvalue weighted by Crippen LogP contribution is -2.35. The normalized spacial score (nSPS) is 12.8. The number of alkyl halides is 6. The van der Waals surface area contributed by atoms with E-state index in [-0.39, 0.29) is 0 Å². The molecule has 0 aliphatic heterocycles. The van der Waals surface area contributed by atoms with E-state index in [1.165, 1.54) is 122 Å². The zero-order valence-electron chi connectivity index (χ0n) is 24.4. The summed E-state index contributed by atoms with van der Waals surface area (Å²) in [6, 6.07) is 0. The number of sulfonamides is 2. The summed E-state index contributed by atoms with van der Waals surface area (Å²) in [5, 5.41) is 0. The van der Waals surface area contributed by atoms with Crippen LogP contribution >= 0.6 is 0 Å². The van der Waals surface area contributed by atoms with Crippen molar-refractivity contribution in [2.75, 3.05) is 0 Å². The average molecular weight is 644 g/mol. The summed E-state index contributed by atoms with van der Waals surface area (Å²) >= 11 is 0. The molecule has 1 aromatic rings. The van der Waals surface area contributed by atoms with Gasteiger partial charge in [-0.2, -0.15) is 26.3 Å². The van der Waals surface area contributed by atoms with E-state index in [4.69, 9.17) is 0 Å². The van der Waals surface area contributed by atoms with Crippen molar-refractivity contribution in [2.45, 2.75) is 148 Å². The molecular weight excluding hydrogens is 596 g/mol. The standard InChI is InChI=1S/C24H47N2.C2F6NO4S2/c1-4-6-8-10-12-14-16-18-20-25-22-23-26(24(25)3)21-19-17-15-13-11-9-7-5-2;3-1(4,5)14(10,11)9-15(12,13)2(6,7)8/h22-23H,4-21H2,1-3H3;/q+1;-1. The highest BCUT2D eigenvalue weighted by Crippen LogP contribution is 2.36. The summed E-state index contributed by atoms with van der Waals surface area (Å²) in [5.41, 5.74) is -12.4. The second-order valence-electron chi connectivity index (χ2n) is 10.1. The van der Waals surface area contributed by atoms with Gasteiger partial charge >= 0.3 is 11.0 Å². The maximum atomic E-state index is 11.4. The first-order valence-corrected chi connectivity index (χ1v) is 17.3. The van der Waals surface area contributed by atoms with Gasteiger partial charge in [0, 0.05) is 6.92 Å². The first kappa shape index (κ1) is 39.6. The van der Waals surface area contributed by atoms with Gasteiger partial charge in [0.05, 0.1) is 13.1 Å². The zero-order chi connectivity index (χ0) is 31.6. The Labute approximate surface area is 242 Å². The minimum absolute atomic E-state index is 0.778. The molecule has 1 heterocycles. The first-order chi connectivity index (χ1) is 19.0. The number of aromatic nitrogens is 2. The fraction of sp³-hybridized carbons (Fsp3) is 0.885. The van der Waals surface area contributed by atoms with Gasteiger partial charge in [-0.05, 0) is 25.7 Å². The van der Waals surface area contributed by atoms with Gasteiger partial charge in [-0.15, -0.1) is 0 Å². The SMILES string of the molecule is CCCCCCCCCCn1cc[n+](CCCCCCCCCC)c1C.O=S(=O)([N-]S(=O)(=O)C(F)(F)F)C(F)(F)F. The fourth-order valence-corrected chi connectivity index (χ4v) is 5.77. The second-order valence-corrected chi connectivity index (χ2v) is 13.5. The van der Waals surface area contributed by atoms with Gasteiger partial charge in [0.2, 0.25) is 0 Å². The highest BCUT2D eigenvalue weighted by molar-refractivity contribution is 8.13. The fourth-order valence-electron chi connectivity index (χ4n) is 4.06. The molecule has 1 aromatic heterocycles. The molecule has 7 nitrogen and oxygen atoms in total. The van der Waals surface area contributed by atoms with Crippen molar-refractivity contribution >= 4 is 20.0 Å². The molecule has 0 aliphatic carbocycles. The number of rotatable bonds is 20. The van der Waals surface area contributed by atoms with Crippen LogP contribution in [-0.2, 0) is 33.1 Å². The molecule has 0 radical (unpaired) electrons. The van der Waals surface area contributed by atoms with E-state index in [0.29, 0.717) is 0 Å². The van der Waals surface area contributed by atoms with Gasteiger partial charge in [0.1, 0.15) is 12.4 Å². The lowest BCUT2D eigenvalue weighted by molar-refractivity contribution is -0.702. The highest BCUT2D eigenvalue weighted by atomic mass is 32.3. The van der Waals surface area contributed by atoms with Gasteiger partial charge < -0.3 is 4.13 Å². The number of imidazole rings is 1. The molecule has 0 N–H and O–H groups in total. The average Bonchev–Trinajstić information content (AvgIpc) is 3.20. The highest BCUT2D eigenvalue weighted by Gasteiger charge is 2.46. The molecule has 244 valence electrons. The van der Waals surface area contributed by atoms with E-state index < -0.39 is 31.1 Å². The summed E-state index contributed by atoms with van der Waals surface area (Å²) in [4.78, 5) is 0. The Morgan fingerprint density at radius 1 is 0.659 bits per heavy atom. The van der Waals surface area contributed by atoms with Gasteiger partial charge in [0.25, 0.3) is 5.82 Å². The minimum atomic E-state index is -6.72. The van der Waals surface area contributed by atoms with Crippen LogP contribution in [0.25, 0.3) is 4.13 Å². The summed E-state index contributed by atoms with van der Waals surface area (Å²) < 4.78 is 114. The maximum absolute atomic E-state index is 11.4. The molecule has 0 spiro atoms. The van der Waals surface area contributed by atoms with Crippen molar-refractivity contribution in [1.29, 1.82) is 0 Å². The van der Waals surface area contributed by atoms with E-state index in [1.54, 1.807) is 0 Å². The predicted octanol–water partition coefficient (Wildman–Crippen LogP) is 8.42. The van der Waals surface area contributed by atoms with Crippen LogP contribution in [-0.4, -0.2) is 32.4 Å². The summed E-state index contributed by atoms with van der Waals surface area (Å²) in [7, 11) is -13.4. The van der Waals surface area contributed by atoms with Crippen molar-refractivity contribution in [3.8, 4) is 0 Å². The topological polar surface area (TPSA) is 91.2 Å². The summed E-state index contributed by atoms with van der Waals surface area (Å²) in [5.74, 6) is 1.44. The van der Waals surface area contributed by atoms with E-state index in [2.05, 4.69) is 42.3 Å². The Bertz CT molecular complexity index is 961. The number of hydrogen-bond acceptors (Lipinski definition) is 4. The van der Waals surface area contributed by atoms with Crippen LogP contribution in [0.15, 0.2) is 12.4 Å². The van der Waals surface area contributed by atoms with Crippen molar-refractivity contribution in [1.82, 2.24) is 4.57 Å². The molecular formula is C26H47F6N3O4S2. The monoisotopic (exact) mass is 643 g/mol. The number of halogens is 6. The molecule has 0 amide bonds. The quantitative estimate of drug-likeness (QED) is 0.0810. The molecule has 1 rings (SSSR count). The largest absolute Gasteiger partial charge is 0.480 e. The van der Waals surface area contributed by atoms with E-state index >= 15 is 0 Å². The minimum Gasteiger partial charge on any atom is -0.421 e. The Hall–Kier alpha value is -1.35. The lowest BCUT2D eigenvalue weighted by atomic mass is 10.1. The zero-order valence-corrected chi connectivity index (χ0v) is 26.1. The third kappa shape index (κ3) is 16.8. The third-order valence-electron chi connectivity index (χ3n) is 6.54. The van der Waals surface area contributed by atoms with E-state index in [0.717, 1.165) is 4.13 Å². The third-order valence-corrected chi connectivity index (χ3v) is 9.28. The molecule has 0 saturated heterocycles. The lowest BCUT2D eigenvalue weighted by Gasteiger charge is -2.22. The molecule has 15 heteroatoms. The van der Waals surface area contributed by atoms with E-state index in [1.807, 2.05) is 0 Å². The number of aryl methyl sites for hydroxylation is 2. The van der Waals surface area contributed by atoms with Crippen molar-refractivity contribution in [3.63, 3.8) is 0 Å². The van der Waals surface area contributed by atoms with Gasteiger partial charge in [-0.25, -0.2) is 26.0 Å². The van der Waals surface area contributed by atoms with Gasteiger partial charge in [-0.3, -0.25) is 0 Å². The molecule has 41 heavy (non-hydrogen) atoms. The van der Waals surface area contributed by atoms with Crippen molar-refractivity contribution in [3.05, 3.63) is 22.3 Å². The van der Waals surface area contributed by atoms with Crippen LogP contribution in [0, 0.1) is 6.92 Å². The van der Waals surface area contributed by atoms with Crippen LogP contribution in [0.1, 0.15) is 122 Å². The van der Waals surface area contributed by atoms with Crippen LogP contribution in [0.3, 0.4) is 0 Å². The Kier molecular flexibility index (Phi) is 19.1. The molecule has 0 aromatic carbocycles. The van der Waals surface area contributed by atoms with E-state index in [9.17, 15) is 43.2 Å². The molecule has 0 bridgehead atoms. The van der Waals surface area contributed by atoms with Gasteiger partial charge in [-0.1, -0.05) is 90.9 Å². The van der Waals surface area contributed by atoms with Gasteiger partial charge in [0.15, 0.2) is 20.0 Å².